The highest BCUT2D eigenvalue weighted by molar-refractivity contribution is 7.92. The Balaban J connectivity index is 1.53. The number of amides is 1. The van der Waals surface area contributed by atoms with Gasteiger partial charge in [0.05, 0.1) is 17.1 Å². The van der Waals surface area contributed by atoms with Crippen molar-refractivity contribution in [2.45, 2.75) is 30.4 Å². The van der Waals surface area contributed by atoms with E-state index in [0.717, 1.165) is 17.7 Å². The first-order chi connectivity index (χ1) is 15.0. The zero-order valence-electron chi connectivity index (χ0n) is 17.0. The number of para-hydroxylation sites is 3. The van der Waals surface area contributed by atoms with Crippen molar-refractivity contribution in [3.05, 3.63) is 84.4 Å². The van der Waals surface area contributed by atoms with Gasteiger partial charge < -0.3 is 9.64 Å². The number of ether oxygens (including phenoxy) is 1. The first-order valence-electron chi connectivity index (χ1n) is 10.2. The number of hydrogen-bond donors (Lipinski definition) is 0. The number of hydrogen-bond acceptors (Lipinski definition) is 4. The van der Waals surface area contributed by atoms with E-state index < -0.39 is 16.1 Å². The topological polar surface area (TPSA) is 66.9 Å². The van der Waals surface area contributed by atoms with Gasteiger partial charge in [-0.15, -0.1) is 0 Å². The molecule has 1 amide bonds. The van der Waals surface area contributed by atoms with Crippen LogP contribution in [-0.2, 0) is 21.2 Å². The van der Waals surface area contributed by atoms with E-state index in [0.29, 0.717) is 11.4 Å². The van der Waals surface area contributed by atoms with Crippen molar-refractivity contribution in [1.29, 1.82) is 0 Å². The Morgan fingerprint density at radius 3 is 2.32 bits per heavy atom. The van der Waals surface area contributed by atoms with E-state index >= 15 is 0 Å². The third-order valence-electron chi connectivity index (χ3n) is 5.79. The van der Waals surface area contributed by atoms with Gasteiger partial charge in [-0.1, -0.05) is 48.5 Å². The van der Waals surface area contributed by atoms with E-state index in [1.807, 2.05) is 31.2 Å². The Morgan fingerprint density at radius 2 is 1.55 bits per heavy atom. The maximum absolute atomic E-state index is 13.6. The first kappa shape index (κ1) is 19.6. The molecule has 0 radical (unpaired) electrons. The van der Waals surface area contributed by atoms with E-state index in [1.165, 1.54) is 4.31 Å². The molecule has 0 N–H and O–H groups in total. The molecule has 0 spiro atoms. The fourth-order valence-corrected chi connectivity index (χ4v) is 5.83. The lowest BCUT2D eigenvalue weighted by Gasteiger charge is -2.37. The minimum atomic E-state index is -3.86. The highest BCUT2D eigenvalue weighted by Gasteiger charge is 2.42. The lowest BCUT2D eigenvalue weighted by Crippen LogP contribution is -2.53. The Hall–Kier alpha value is -3.32. The minimum Gasteiger partial charge on any atom is -0.476 e. The largest absolute Gasteiger partial charge is 0.476 e. The molecule has 0 saturated heterocycles. The average molecular weight is 435 g/mol. The zero-order valence-corrected chi connectivity index (χ0v) is 17.8. The number of benzene rings is 3. The van der Waals surface area contributed by atoms with Crippen LogP contribution in [0.5, 0.6) is 5.75 Å². The predicted octanol–water partition coefficient (Wildman–Crippen LogP) is 3.62. The third kappa shape index (κ3) is 3.25. The molecule has 0 fully saturated rings. The van der Waals surface area contributed by atoms with Crippen LogP contribution < -0.4 is 13.9 Å². The normalized spacial score (nSPS) is 20.0. The smallest absolute Gasteiger partial charge is 0.270 e. The van der Waals surface area contributed by atoms with Crippen LogP contribution in [0.1, 0.15) is 12.5 Å². The van der Waals surface area contributed by atoms with Crippen molar-refractivity contribution in [2.24, 2.45) is 0 Å². The summed E-state index contributed by atoms with van der Waals surface area (Å²) in [5, 5.41) is 0. The van der Waals surface area contributed by atoms with Crippen LogP contribution in [0.2, 0.25) is 0 Å². The van der Waals surface area contributed by atoms with Gasteiger partial charge in [-0.3, -0.25) is 9.10 Å². The number of carbonyl (C=O) groups excluding carboxylic acids is 1. The molecule has 2 heterocycles. The van der Waals surface area contributed by atoms with Gasteiger partial charge in [0.15, 0.2) is 6.10 Å². The van der Waals surface area contributed by atoms with Crippen molar-refractivity contribution in [3.8, 4) is 5.75 Å². The maximum Gasteiger partial charge on any atom is 0.270 e. The summed E-state index contributed by atoms with van der Waals surface area (Å²) in [5.41, 5.74) is 2.40. The van der Waals surface area contributed by atoms with E-state index in [1.54, 1.807) is 59.5 Å². The number of sulfonamides is 1. The summed E-state index contributed by atoms with van der Waals surface area (Å²) in [6.45, 7) is 1.91. The molecule has 158 valence electrons. The fourth-order valence-electron chi connectivity index (χ4n) is 4.33. The molecule has 2 aliphatic heterocycles. The summed E-state index contributed by atoms with van der Waals surface area (Å²) in [6, 6.07) is 23.0. The van der Waals surface area contributed by atoms with Gasteiger partial charge in [-0.05, 0) is 49.2 Å². The minimum absolute atomic E-state index is 0.0233. The monoisotopic (exact) mass is 434 g/mol. The van der Waals surface area contributed by atoms with Crippen LogP contribution in [0.25, 0.3) is 0 Å². The second-order valence-electron chi connectivity index (χ2n) is 7.81. The highest BCUT2D eigenvalue weighted by atomic mass is 32.2. The van der Waals surface area contributed by atoms with Gasteiger partial charge in [-0.25, -0.2) is 8.42 Å². The number of nitrogens with zero attached hydrogens (tertiary/aromatic N) is 2. The molecule has 3 aromatic carbocycles. The summed E-state index contributed by atoms with van der Waals surface area (Å²) >= 11 is 0. The molecule has 3 aromatic rings. The molecular formula is C24H22N2O4S. The Bertz CT molecular complexity index is 1240. The molecule has 0 aliphatic carbocycles. The van der Waals surface area contributed by atoms with Crippen LogP contribution in [0.3, 0.4) is 0 Å². The molecule has 2 unspecified atom stereocenters. The Labute approximate surface area is 181 Å². The average Bonchev–Trinajstić information content (AvgIpc) is 3.14. The molecule has 0 bridgehead atoms. The predicted molar refractivity (Wildman–Crippen MR) is 119 cm³/mol. The summed E-state index contributed by atoms with van der Waals surface area (Å²) in [4.78, 5) is 15.5. The molecule has 0 saturated carbocycles. The van der Waals surface area contributed by atoms with E-state index in [2.05, 4.69) is 0 Å². The SMILES string of the molecule is CC1Cc2ccccc2N1C(=O)C1CN(S(=O)(=O)c2ccccc2)c2ccccc2O1. The quantitative estimate of drug-likeness (QED) is 0.632. The van der Waals surface area contributed by atoms with Crippen molar-refractivity contribution in [3.63, 3.8) is 0 Å². The Morgan fingerprint density at radius 1 is 0.903 bits per heavy atom. The van der Waals surface area contributed by atoms with Crippen LogP contribution in [0.15, 0.2) is 83.8 Å². The van der Waals surface area contributed by atoms with Gasteiger partial charge in [0.1, 0.15) is 5.75 Å². The van der Waals surface area contributed by atoms with Crippen molar-refractivity contribution in [2.75, 3.05) is 15.7 Å². The number of anilines is 2. The molecule has 2 aliphatic rings. The standard InChI is InChI=1S/C24H22N2O4S/c1-17-15-18-9-5-6-12-20(18)26(17)24(27)23-16-25(21-13-7-8-14-22(21)30-23)31(28,29)19-10-3-2-4-11-19/h2-14,17,23H,15-16H2,1H3. The number of carbonyl (C=O) groups is 1. The first-order valence-corrected chi connectivity index (χ1v) is 11.7. The van der Waals surface area contributed by atoms with Gasteiger partial charge in [0.25, 0.3) is 15.9 Å². The van der Waals surface area contributed by atoms with Gasteiger partial charge in [0.2, 0.25) is 0 Å². The third-order valence-corrected chi connectivity index (χ3v) is 7.58. The maximum atomic E-state index is 13.6. The molecule has 2 atom stereocenters. The Kier molecular flexibility index (Phi) is 4.70. The molecule has 31 heavy (non-hydrogen) atoms. The van der Waals surface area contributed by atoms with E-state index in [9.17, 15) is 13.2 Å². The van der Waals surface area contributed by atoms with E-state index in [-0.39, 0.29) is 23.4 Å². The lowest BCUT2D eigenvalue weighted by atomic mass is 10.1. The van der Waals surface area contributed by atoms with Gasteiger partial charge in [-0.2, -0.15) is 0 Å². The highest BCUT2D eigenvalue weighted by Crippen LogP contribution is 2.39. The zero-order chi connectivity index (χ0) is 21.6. The molecule has 0 aromatic heterocycles. The summed E-state index contributed by atoms with van der Waals surface area (Å²) in [6.07, 6.45) is -0.181. The molecule has 7 heteroatoms. The molecule has 6 nitrogen and oxygen atoms in total. The summed E-state index contributed by atoms with van der Waals surface area (Å²) in [7, 11) is -3.86. The van der Waals surface area contributed by atoms with Crippen LogP contribution >= 0.6 is 0 Å². The second kappa shape index (κ2) is 7.42. The van der Waals surface area contributed by atoms with Crippen molar-refractivity contribution < 1.29 is 17.9 Å². The van der Waals surface area contributed by atoms with Crippen LogP contribution in [0.4, 0.5) is 11.4 Å². The number of rotatable bonds is 3. The van der Waals surface area contributed by atoms with Gasteiger partial charge >= 0.3 is 0 Å². The van der Waals surface area contributed by atoms with Crippen molar-refractivity contribution >= 4 is 27.3 Å². The van der Waals surface area contributed by atoms with Crippen molar-refractivity contribution in [1.82, 2.24) is 0 Å². The van der Waals surface area contributed by atoms with Gasteiger partial charge in [0, 0.05) is 11.7 Å². The van der Waals surface area contributed by atoms with Crippen LogP contribution in [0, 0.1) is 0 Å². The number of fused-ring (bicyclic) bond motifs is 2. The fraction of sp³-hybridized carbons (Fsp3) is 0.208. The molecular weight excluding hydrogens is 412 g/mol. The summed E-state index contributed by atoms with van der Waals surface area (Å²) in [5.74, 6) is 0.145. The lowest BCUT2D eigenvalue weighted by molar-refractivity contribution is -0.125. The second-order valence-corrected chi connectivity index (χ2v) is 9.68. The van der Waals surface area contributed by atoms with E-state index in [4.69, 9.17) is 4.74 Å². The molecule has 5 rings (SSSR count). The van der Waals surface area contributed by atoms with Crippen LogP contribution in [-0.4, -0.2) is 33.0 Å². The summed E-state index contributed by atoms with van der Waals surface area (Å²) < 4.78 is 34.2.